The summed E-state index contributed by atoms with van der Waals surface area (Å²) in [4.78, 5) is 26.6. The molecule has 1 aliphatic rings. The number of nitrogens with zero attached hydrogens (tertiary/aromatic N) is 2. The normalized spacial score (nSPS) is 16.1. The molecule has 0 spiro atoms. The lowest BCUT2D eigenvalue weighted by molar-refractivity contribution is -0.120. The molecule has 3 N–H and O–H groups in total. The van der Waals surface area contributed by atoms with Crippen molar-refractivity contribution in [1.29, 1.82) is 0 Å². The van der Waals surface area contributed by atoms with Gasteiger partial charge in [0.2, 0.25) is 11.8 Å². The van der Waals surface area contributed by atoms with Gasteiger partial charge >= 0.3 is 0 Å². The van der Waals surface area contributed by atoms with E-state index in [9.17, 15) is 18.4 Å². The Labute approximate surface area is 176 Å². The first-order valence-electron chi connectivity index (χ1n) is 9.67. The third-order valence-electron chi connectivity index (χ3n) is 5.33. The molecule has 0 bridgehead atoms. The number of nitrogens with one attached hydrogen (secondary N) is 1. The van der Waals surface area contributed by atoms with Crippen LogP contribution in [0.15, 0.2) is 40.9 Å². The van der Waals surface area contributed by atoms with Gasteiger partial charge in [0.25, 0.3) is 0 Å². The van der Waals surface area contributed by atoms with E-state index in [0.29, 0.717) is 22.8 Å². The average molecular weight is 426 g/mol. The summed E-state index contributed by atoms with van der Waals surface area (Å²) in [6.07, 6.45) is 0.360. The van der Waals surface area contributed by atoms with Crippen molar-refractivity contribution in [3.63, 3.8) is 0 Å². The molecule has 4 rings (SSSR count). The molecular formula is C22H20F2N4O3. The van der Waals surface area contributed by atoms with Crippen molar-refractivity contribution in [2.75, 3.05) is 16.0 Å². The molecule has 0 unspecified atom stereocenters. The lowest BCUT2D eigenvalue weighted by Gasteiger charge is -2.24. The smallest absolute Gasteiger partial charge is 0.247 e. The first-order chi connectivity index (χ1) is 14.8. The number of carbonyl (C=O) groups excluding carboxylic acids is 2. The van der Waals surface area contributed by atoms with Crippen LogP contribution in [-0.4, -0.2) is 23.0 Å². The molecule has 3 aromatic rings. The third kappa shape index (κ3) is 3.74. The Balaban J connectivity index is 1.62. The van der Waals surface area contributed by atoms with Crippen LogP contribution in [0.4, 0.5) is 25.8 Å². The maximum Gasteiger partial charge on any atom is 0.247 e. The predicted molar refractivity (Wildman–Crippen MR) is 111 cm³/mol. The van der Waals surface area contributed by atoms with Gasteiger partial charge in [-0.1, -0.05) is 11.2 Å². The Bertz CT molecular complexity index is 1170. The number of hydrogen-bond donors (Lipinski definition) is 2. The summed E-state index contributed by atoms with van der Waals surface area (Å²) in [5.74, 6) is -2.31. The van der Waals surface area contributed by atoms with Crippen molar-refractivity contribution in [3.05, 3.63) is 59.5 Å². The zero-order valence-corrected chi connectivity index (χ0v) is 16.9. The van der Waals surface area contributed by atoms with Gasteiger partial charge in [-0.2, -0.15) is 0 Å². The van der Waals surface area contributed by atoms with E-state index < -0.39 is 23.6 Å². The zero-order valence-electron chi connectivity index (χ0n) is 16.9. The predicted octanol–water partition coefficient (Wildman–Crippen LogP) is 3.95. The number of amides is 2. The van der Waals surface area contributed by atoms with Crippen LogP contribution in [0.1, 0.15) is 24.3 Å². The summed E-state index contributed by atoms with van der Waals surface area (Å²) in [5, 5.41) is 6.70. The Morgan fingerprint density at radius 3 is 2.65 bits per heavy atom. The topological polar surface area (TPSA) is 101 Å². The van der Waals surface area contributed by atoms with E-state index in [2.05, 4.69) is 10.5 Å². The first kappa shape index (κ1) is 20.5. The summed E-state index contributed by atoms with van der Waals surface area (Å²) < 4.78 is 32.2. The summed E-state index contributed by atoms with van der Waals surface area (Å²) >= 11 is 0. The van der Waals surface area contributed by atoms with E-state index in [1.54, 1.807) is 25.1 Å². The summed E-state index contributed by atoms with van der Waals surface area (Å²) in [6.45, 7) is 3.60. The molecule has 2 amide bonds. The molecule has 1 fully saturated rings. The number of benzene rings is 2. The molecule has 31 heavy (non-hydrogen) atoms. The standard InChI is InChI=1S/C22H20F2N4O3/c1-11-21(12(2)31-27-11)13-3-6-17(25)18(9-13)26-22(30)19-7-8-20(29)28(19)14-4-5-15(23)16(24)10-14/h3-6,9-10,19H,7-8,25H2,1-2H3,(H,26,30)/t19-/m0/s1. The molecule has 1 saturated heterocycles. The second-order valence-corrected chi connectivity index (χ2v) is 7.41. The highest BCUT2D eigenvalue weighted by molar-refractivity contribution is 6.08. The number of aromatic nitrogens is 1. The van der Waals surface area contributed by atoms with Gasteiger partial charge in [0.1, 0.15) is 11.8 Å². The number of carbonyl (C=O) groups is 2. The number of nitrogens with two attached hydrogens (primary N) is 1. The van der Waals surface area contributed by atoms with Gasteiger partial charge in [-0.3, -0.25) is 14.5 Å². The van der Waals surface area contributed by atoms with Crippen LogP contribution < -0.4 is 16.0 Å². The monoisotopic (exact) mass is 426 g/mol. The van der Waals surface area contributed by atoms with Crippen molar-refractivity contribution >= 4 is 28.9 Å². The number of hydrogen-bond acceptors (Lipinski definition) is 5. The molecule has 160 valence electrons. The molecule has 9 heteroatoms. The van der Waals surface area contributed by atoms with Crippen molar-refractivity contribution < 1.29 is 22.9 Å². The van der Waals surface area contributed by atoms with Crippen LogP contribution >= 0.6 is 0 Å². The van der Waals surface area contributed by atoms with Gasteiger partial charge in [-0.15, -0.1) is 0 Å². The Hall–Kier alpha value is -3.75. The van der Waals surface area contributed by atoms with E-state index in [1.165, 1.54) is 11.0 Å². The number of halogens is 2. The van der Waals surface area contributed by atoms with Crippen molar-refractivity contribution in [3.8, 4) is 11.1 Å². The number of anilines is 3. The minimum Gasteiger partial charge on any atom is -0.397 e. The summed E-state index contributed by atoms with van der Waals surface area (Å²) in [7, 11) is 0. The molecule has 1 aromatic heterocycles. The van der Waals surface area contributed by atoms with E-state index in [1.807, 2.05) is 6.92 Å². The molecule has 1 atom stereocenters. The van der Waals surface area contributed by atoms with Crippen LogP contribution in [0.3, 0.4) is 0 Å². The minimum atomic E-state index is -1.09. The molecular weight excluding hydrogens is 406 g/mol. The van der Waals surface area contributed by atoms with Crippen LogP contribution in [0, 0.1) is 25.5 Å². The maximum absolute atomic E-state index is 13.7. The van der Waals surface area contributed by atoms with E-state index in [-0.39, 0.29) is 24.4 Å². The second kappa shape index (κ2) is 7.82. The molecule has 0 saturated carbocycles. The number of nitrogen functional groups attached to an aromatic ring is 1. The largest absolute Gasteiger partial charge is 0.397 e. The minimum absolute atomic E-state index is 0.117. The second-order valence-electron chi connectivity index (χ2n) is 7.41. The van der Waals surface area contributed by atoms with Gasteiger partial charge in [0.05, 0.1) is 17.1 Å². The Morgan fingerprint density at radius 1 is 1.19 bits per heavy atom. The number of aryl methyl sites for hydroxylation is 2. The fourth-order valence-electron chi connectivity index (χ4n) is 3.82. The number of rotatable bonds is 4. The van der Waals surface area contributed by atoms with Gasteiger partial charge < -0.3 is 15.6 Å². The molecule has 2 aromatic carbocycles. The molecule has 2 heterocycles. The van der Waals surface area contributed by atoms with Crippen molar-refractivity contribution in [1.82, 2.24) is 5.16 Å². The highest BCUT2D eigenvalue weighted by atomic mass is 19.2. The molecule has 7 nitrogen and oxygen atoms in total. The van der Waals surface area contributed by atoms with Crippen LogP contribution in [0.25, 0.3) is 11.1 Å². The summed E-state index contributed by atoms with van der Waals surface area (Å²) in [6, 6.07) is 7.39. The first-order valence-corrected chi connectivity index (χ1v) is 9.67. The van der Waals surface area contributed by atoms with E-state index >= 15 is 0 Å². The molecule has 1 aliphatic heterocycles. The van der Waals surface area contributed by atoms with Gasteiger partial charge in [0, 0.05) is 23.7 Å². The Morgan fingerprint density at radius 2 is 1.97 bits per heavy atom. The van der Waals surface area contributed by atoms with E-state index in [4.69, 9.17) is 10.3 Å². The third-order valence-corrected chi connectivity index (χ3v) is 5.33. The van der Waals surface area contributed by atoms with Gasteiger partial charge in [-0.25, -0.2) is 8.78 Å². The quantitative estimate of drug-likeness (QED) is 0.615. The van der Waals surface area contributed by atoms with Crippen LogP contribution in [-0.2, 0) is 9.59 Å². The lowest BCUT2D eigenvalue weighted by Crippen LogP contribution is -2.42. The fraction of sp³-hybridized carbons (Fsp3) is 0.227. The molecule has 0 radical (unpaired) electrons. The Kier molecular flexibility index (Phi) is 5.18. The average Bonchev–Trinajstić information content (AvgIpc) is 3.28. The lowest BCUT2D eigenvalue weighted by atomic mass is 10.0. The molecule has 0 aliphatic carbocycles. The van der Waals surface area contributed by atoms with Crippen molar-refractivity contribution in [2.45, 2.75) is 32.7 Å². The highest BCUT2D eigenvalue weighted by Crippen LogP contribution is 2.33. The van der Waals surface area contributed by atoms with Gasteiger partial charge in [0.15, 0.2) is 11.6 Å². The highest BCUT2D eigenvalue weighted by Gasteiger charge is 2.37. The van der Waals surface area contributed by atoms with Crippen LogP contribution in [0.5, 0.6) is 0 Å². The zero-order chi connectivity index (χ0) is 22.3. The van der Waals surface area contributed by atoms with Gasteiger partial charge in [-0.05, 0) is 50.1 Å². The van der Waals surface area contributed by atoms with Crippen LogP contribution in [0.2, 0.25) is 0 Å². The maximum atomic E-state index is 13.7. The SMILES string of the molecule is Cc1noc(C)c1-c1ccc(N)c(NC(=O)[C@@H]2CCC(=O)N2c2ccc(F)c(F)c2)c1. The summed E-state index contributed by atoms with van der Waals surface area (Å²) in [5.41, 5.74) is 9.15. The van der Waals surface area contributed by atoms with Crippen molar-refractivity contribution in [2.24, 2.45) is 0 Å². The van der Waals surface area contributed by atoms with E-state index in [0.717, 1.165) is 23.3 Å². The fourth-order valence-corrected chi connectivity index (χ4v) is 3.82.